The number of hydrogen-bond acceptors (Lipinski definition) is 6. The molecule has 1 aromatic heterocycles. The maximum absolute atomic E-state index is 14.2. The number of halogens is 2. The van der Waals surface area contributed by atoms with Crippen molar-refractivity contribution in [2.24, 2.45) is 0 Å². The minimum absolute atomic E-state index is 0.134. The lowest BCUT2D eigenvalue weighted by atomic mass is 10.1. The van der Waals surface area contributed by atoms with Crippen LogP contribution in [0, 0.1) is 12.7 Å². The summed E-state index contributed by atoms with van der Waals surface area (Å²) >= 11 is 5.84. The second-order valence-corrected chi connectivity index (χ2v) is 7.46. The van der Waals surface area contributed by atoms with Gasteiger partial charge in [-0.15, -0.1) is 0 Å². The van der Waals surface area contributed by atoms with Gasteiger partial charge in [-0.2, -0.15) is 0 Å². The van der Waals surface area contributed by atoms with E-state index in [0.717, 1.165) is 11.3 Å². The quantitative estimate of drug-likeness (QED) is 0.571. The Balaban J connectivity index is 1.52. The molecule has 4 rings (SSSR count). The standard InChI is InChI=1S/C22H21ClFN5O2/c1-14-2-3-17(13-19(14)27-20-4-5-25-22(23)28-20)26-21(30)15-10-16(24)12-18(11-15)29-6-8-31-9-7-29/h2-5,10-13H,6-9H2,1H3,(H,26,30)(H,25,27,28). The Morgan fingerprint density at radius 1 is 1.16 bits per heavy atom. The molecule has 2 aromatic carbocycles. The Kier molecular flexibility index (Phi) is 6.29. The van der Waals surface area contributed by atoms with Gasteiger partial charge in [0.25, 0.3) is 5.91 Å². The number of carbonyl (C=O) groups is 1. The Morgan fingerprint density at radius 2 is 1.97 bits per heavy atom. The van der Waals surface area contributed by atoms with Crippen molar-refractivity contribution in [1.29, 1.82) is 0 Å². The van der Waals surface area contributed by atoms with Gasteiger partial charge in [-0.25, -0.2) is 14.4 Å². The number of nitrogens with one attached hydrogen (secondary N) is 2. The van der Waals surface area contributed by atoms with Crippen LogP contribution >= 0.6 is 11.6 Å². The average Bonchev–Trinajstić information content (AvgIpc) is 2.76. The highest BCUT2D eigenvalue weighted by atomic mass is 35.5. The topological polar surface area (TPSA) is 79.4 Å². The lowest BCUT2D eigenvalue weighted by Crippen LogP contribution is -2.36. The summed E-state index contributed by atoms with van der Waals surface area (Å²) in [4.78, 5) is 22.8. The average molecular weight is 442 g/mol. The third-order valence-electron chi connectivity index (χ3n) is 4.91. The third-order valence-corrected chi connectivity index (χ3v) is 5.09. The molecule has 160 valence electrons. The van der Waals surface area contributed by atoms with Gasteiger partial charge >= 0.3 is 0 Å². The fourth-order valence-electron chi connectivity index (χ4n) is 3.29. The maximum Gasteiger partial charge on any atom is 0.255 e. The molecule has 31 heavy (non-hydrogen) atoms. The van der Waals surface area contributed by atoms with Crippen molar-refractivity contribution in [1.82, 2.24) is 9.97 Å². The number of rotatable bonds is 5. The van der Waals surface area contributed by atoms with Crippen molar-refractivity contribution in [3.05, 3.63) is 70.9 Å². The number of nitrogens with zero attached hydrogens (tertiary/aromatic N) is 3. The number of carbonyl (C=O) groups excluding carboxylic acids is 1. The Bertz CT molecular complexity index is 1110. The molecule has 0 spiro atoms. The number of ether oxygens (including phenoxy) is 1. The van der Waals surface area contributed by atoms with Crippen LogP contribution in [0.3, 0.4) is 0 Å². The van der Waals surface area contributed by atoms with E-state index in [1.165, 1.54) is 12.1 Å². The van der Waals surface area contributed by atoms with Crippen LogP contribution in [0.5, 0.6) is 0 Å². The van der Waals surface area contributed by atoms with Crippen molar-refractivity contribution in [3.63, 3.8) is 0 Å². The van der Waals surface area contributed by atoms with Crippen LogP contribution in [-0.4, -0.2) is 42.2 Å². The summed E-state index contributed by atoms with van der Waals surface area (Å²) in [6, 6.07) is 11.5. The van der Waals surface area contributed by atoms with E-state index in [2.05, 4.69) is 20.6 Å². The molecule has 0 radical (unpaired) electrons. The highest BCUT2D eigenvalue weighted by Gasteiger charge is 2.16. The summed E-state index contributed by atoms with van der Waals surface area (Å²) < 4.78 is 19.5. The van der Waals surface area contributed by atoms with Crippen LogP contribution in [0.25, 0.3) is 0 Å². The predicted molar refractivity (Wildman–Crippen MR) is 119 cm³/mol. The SMILES string of the molecule is Cc1ccc(NC(=O)c2cc(F)cc(N3CCOCC3)c2)cc1Nc1ccnc(Cl)n1. The molecule has 1 fully saturated rings. The molecule has 2 heterocycles. The molecule has 9 heteroatoms. The number of aromatic nitrogens is 2. The van der Waals surface area contributed by atoms with E-state index in [9.17, 15) is 9.18 Å². The van der Waals surface area contributed by atoms with E-state index in [4.69, 9.17) is 16.3 Å². The van der Waals surface area contributed by atoms with Crippen LogP contribution < -0.4 is 15.5 Å². The first-order chi connectivity index (χ1) is 15.0. The zero-order valence-electron chi connectivity index (χ0n) is 16.9. The van der Waals surface area contributed by atoms with Gasteiger partial charge < -0.3 is 20.3 Å². The molecular formula is C22H21ClFN5O2. The molecule has 0 saturated carbocycles. The van der Waals surface area contributed by atoms with Gasteiger partial charge in [0.2, 0.25) is 5.28 Å². The molecule has 0 unspecified atom stereocenters. The van der Waals surface area contributed by atoms with E-state index in [-0.39, 0.29) is 10.8 Å². The number of anilines is 4. The van der Waals surface area contributed by atoms with Crippen LogP contribution in [0.15, 0.2) is 48.7 Å². The maximum atomic E-state index is 14.2. The van der Waals surface area contributed by atoms with Crippen LogP contribution in [-0.2, 0) is 4.74 Å². The van der Waals surface area contributed by atoms with Gasteiger partial charge in [-0.05, 0) is 60.5 Å². The summed E-state index contributed by atoms with van der Waals surface area (Å²) in [5.74, 6) is -0.318. The fourth-order valence-corrected chi connectivity index (χ4v) is 3.44. The monoisotopic (exact) mass is 441 g/mol. The second kappa shape index (κ2) is 9.28. The van der Waals surface area contributed by atoms with E-state index < -0.39 is 11.7 Å². The largest absolute Gasteiger partial charge is 0.378 e. The molecule has 1 amide bonds. The molecule has 0 atom stereocenters. The number of amides is 1. The smallest absolute Gasteiger partial charge is 0.255 e. The van der Waals surface area contributed by atoms with E-state index in [1.807, 2.05) is 17.9 Å². The summed E-state index contributed by atoms with van der Waals surface area (Å²) in [7, 11) is 0. The Labute approximate surface area is 184 Å². The van der Waals surface area contributed by atoms with Crippen molar-refractivity contribution in [3.8, 4) is 0 Å². The molecule has 3 aromatic rings. The molecule has 1 aliphatic heterocycles. The van der Waals surface area contributed by atoms with Crippen LogP contribution in [0.4, 0.5) is 27.3 Å². The Morgan fingerprint density at radius 3 is 2.74 bits per heavy atom. The van der Waals surface area contributed by atoms with Crippen molar-refractivity contribution < 1.29 is 13.9 Å². The zero-order valence-corrected chi connectivity index (χ0v) is 17.6. The summed E-state index contributed by atoms with van der Waals surface area (Å²) in [5.41, 5.74) is 3.18. The van der Waals surface area contributed by atoms with E-state index in [0.29, 0.717) is 43.5 Å². The first-order valence-corrected chi connectivity index (χ1v) is 10.2. The van der Waals surface area contributed by atoms with Gasteiger partial charge in [0, 0.05) is 41.9 Å². The molecule has 1 saturated heterocycles. The zero-order chi connectivity index (χ0) is 21.8. The minimum atomic E-state index is -0.457. The highest BCUT2D eigenvalue weighted by Crippen LogP contribution is 2.25. The fraction of sp³-hybridized carbons (Fsp3) is 0.227. The van der Waals surface area contributed by atoms with Crippen molar-refractivity contribution in [2.75, 3.05) is 41.8 Å². The molecule has 0 bridgehead atoms. The third kappa shape index (κ3) is 5.28. The van der Waals surface area contributed by atoms with Gasteiger partial charge in [0.05, 0.1) is 13.2 Å². The summed E-state index contributed by atoms with van der Waals surface area (Å²) in [5, 5.41) is 6.13. The Hall–Kier alpha value is -3.23. The number of morpholine rings is 1. The summed E-state index contributed by atoms with van der Waals surface area (Å²) in [6.45, 7) is 4.40. The van der Waals surface area contributed by atoms with E-state index in [1.54, 1.807) is 30.5 Å². The van der Waals surface area contributed by atoms with Crippen molar-refractivity contribution in [2.45, 2.75) is 6.92 Å². The molecule has 0 aliphatic carbocycles. The first kappa shape index (κ1) is 21.0. The van der Waals surface area contributed by atoms with Crippen LogP contribution in [0.2, 0.25) is 5.28 Å². The number of aryl methyl sites for hydroxylation is 1. The predicted octanol–water partition coefficient (Wildman–Crippen LogP) is 4.41. The van der Waals surface area contributed by atoms with Gasteiger partial charge in [0.1, 0.15) is 11.6 Å². The van der Waals surface area contributed by atoms with E-state index >= 15 is 0 Å². The minimum Gasteiger partial charge on any atom is -0.378 e. The normalized spacial score (nSPS) is 13.7. The number of benzene rings is 2. The lowest BCUT2D eigenvalue weighted by Gasteiger charge is -2.29. The van der Waals surface area contributed by atoms with Gasteiger partial charge in [0.15, 0.2) is 0 Å². The number of hydrogen-bond donors (Lipinski definition) is 2. The molecule has 2 N–H and O–H groups in total. The molecule has 7 nitrogen and oxygen atoms in total. The second-order valence-electron chi connectivity index (χ2n) is 7.12. The van der Waals surface area contributed by atoms with Gasteiger partial charge in [-0.1, -0.05) is 6.07 Å². The first-order valence-electron chi connectivity index (χ1n) is 9.79. The van der Waals surface area contributed by atoms with Crippen molar-refractivity contribution >= 4 is 40.4 Å². The van der Waals surface area contributed by atoms with Crippen LogP contribution in [0.1, 0.15) is 15.9 Å². The molecular weight excluding hydrogens is 421 g/mol. The highest BCUT2D eigenvalue weighted by molar-refractivity contribution is 6.28. The lowest BCUT2D eigenvalue weighted by molar-refractivity contribution is 0.102. The molecule has 1 aliphatic rings. The van der Waals surface area contributed by atoms with Gasteiger partial charge in [-0.3, -0.25) is 4.79 Å². The summed E-state index contributed by atoms with van der Waals surface area (Å²) in [6.07, 6.45) is 1.55.